The van der Waals surface area contributed by atoms with Crippen LogP contribution in [0.2, 0.25) is 0 Å². The topological polar surface area (TPSA) is 88.4 Å². The van der Waals surface area contributed by atoms with Crippen LogP contribution in [0.5, 0.6) is 5.75 Å². The molecule has 0 spiro atoms. The molecule has 9 heteroatoms. The van der Waals surface area contributed by atoms with E-state index in [0.717, 1.165) is 11.3 Å². The average molecular weight is 406 g/mol. The molecule has 0 saturated carbocycles. The predicted molar refractivity (Wildman–Crippen MR) is 99.9 cm³/mol. The number of alkyl halides is 2. The zero-order valence-corrected chi connectivity index (χ0v) is 15.8. The maximum absolute atomic E-state index is 12.3. The number of nitriles is 1. The summed E-state index contributed by atoms with van der Waals surface area (Å²) in [6.45, 7) is 0.544. The van der Waals surface area contributed by atoms with Crippen molar-refractivity contribution in [2.75, 3.05) is 11.9 Å². The molecule has 0 saturated heterocycles. The van der Waals surface area contributed by atoms with Gasteiger partial charge < -0.3 is 14.8 Å². The lowest BCUT2D eigenvalue weighted by molar-refractivity contribution is -0.0498. The minimum atomic E-state index is -2.98. The molecule has 0 unspecified atom stereocenters. The number of rotatable bonds is 8. The van der Waals surface area contributed by atoms with Crippen LogP contribution in [0, 0.1) is 18.3 Å². The van der Waals surface area contributed by atoms with Crippen molar-refractivity contribution in [1.82, 2.24) is 0 Å². The Kier molecular flexibility index (Phi) is 7.23. The molecule has 1 heterocycles. The summed E-state index contributed by atoms with van der Waals surface area (Å²) in [7, 11) is 0. The molecular formula is C19H16F2N2O4S. The molecule has 2 aromatic rings. The number of ether oxygens (including phenoxy) is 2. The molecule has 0 aliphatic heterocycles. The predicted octanol–water partition coefficient (Wildman–Crippen LogP) is 4.51. The van der Waals surface area contributed by atoms with Crippen molar-refractivity contribution >= 4 is 28.1 Å². The summed E-state index contributed by atoms with van der Waals surface area (Å²) in [5, 5.41) is 12.5. The number of hydrogen-bond acceptors (Lipinski definition) is 7. The van der Waals surface area contributed by atoms with Crippen molar-refractivity contribution < 1.29 is 27.8 Å². The smallest absolute Gasteiger partial charge is 0.387 e. The highest BCUT2D eigenvalue weighted by Gasteiger charge is 2.20. The summed E-state index contributed by atoms with van der Waals surface area (Å²) in [6, 6.07) is 7.41. The number of nitrogens with zero attached hydrogens (tertiary/aromatic N) is 1. The van der Waals surface area contributed by atoms with Crippen molar-refractivity contribution in [2.45, 2.75) is 20.5 Å². The normalized spacial score (nSPS) is 10.7. The van der Waals surface area contributed by atoms with E-state index in [1.165, 1.54) is 36.5 Å². The number of ketones is 1. The number of carbonyl (C=O) groups excluding carboxylic acids is 2. The van der Waals surface area contributed by atoms with Crippen LogP contribution in [-0.4, -0.2) is 25.0 Å². The van der Waals surface area contributed by atoms with Crippen molar-refractivity contribution in [3.8, 4) is 11.8 Å². The van der Waals surface area contributed by atoms with Gasteiger partial charge in [0.1, 0.15) is 21.7 Å². The molecule has 0 aliphatic carbocycles. The first-order valence-electron chi connectivity index (χ1n) is 8.10. The molecule has 0 atom stereocenters. The summed E-state index contributed by atoms with van der Waals surface area (Å²) in [4.78, 5) is 24.4. The van der Waals surface area contributed by atoms with Crippen LogP contribution in [0.4, 0.5) is 13.8 Å². The Bertz CT molecular complexity index is 948. The van der Waals surface area contributed by atoms with Gasteiger partial charge in [-0.1, -0.05) is 12.1 Å². The summed E-state index contributed by atoms with van der Waals surface area (Å²) < 4.78 is 33.8. The van der Waals surface area contributed by atoms with Gasteiger partial charge in [0.2, 0.25) is 0 Å². The third-order valence-electron chi connectivity index (χ3n) is 3.51. The molecule has 1 aromatic carbocycles. The van der Waals surface area contributed by atoms with Crippen LogP contribution >= 0.6 is 11.3 Å². The summed E-state index contributed by atoms with van der Waals surface area (Å²) >= 11 is 1.04. The van der Waals surface area contributed by atoms with Crippen LogP contribution in [0.3, 0.4) is 0 Å². The lowest BCUT2D eigenvalue weighted by Crippen LogP contribution is -2.03. The van der Waals surface area contributed by atoms with Crippen LogP contribution in [0.25, 0.3) is 0 Å². The van der Waals surface area contributed by atoms with E-state index < -0.39 is 18.4 Å². The SMILES string of the molecule is CCOC(=O)c1sc(N/C=C/C(=O)c2cccc(OC(F)F)c2)c(C#N)c1C. The molecule has 0 aliphatic rings. The average Bonchev–Trinajstić information content (AvgIpc) is 2.97. The van der Waals surface area contributed by atoms with Crippen molar-refractivity contribution in [2.24, 2.45) is 0 Å². The Balaban J connectivity index is 2.14. The minimum absolute atomic E-state index is 0.123. The van der Waals surface area contributed by atoms with Gasteiger partial charge in [0, 0.05) is 17.8 Å². The zero-order chi connectivity index (χ0) is 20.7. The monoisotopic (exact) mass is 406 g/mol. The highest BCUT2D eigenvalue weighted by atomic mass is 32.1. The Morgan fingerprint density at radius 2 is 2.14 bits per heavy atom. The molecule has 0 fully saturated rings. The number of halogens is 2. The Morgan fingerprint density at radius 3 is 2.79 bits per heavy atom. The number of anilines is 1. The molecule has 0 radical (unpaired) electrons. The molecule has 6 nitrogen and oxygen atoms in total. The number of nitrogens with one attached hydrogen (secondary N) is 1. The first-order valence-corrected chi connectivity index (χ1v) is 8.91. The first-order chi connectivity index (χ1) is 13.4. The number of benzene rings is 1. The number of hydrogen-bond donors (Lipinski definition) is 1. The molecule has 0 bridgehead atoms. The van der Waals surface area contributed by atoms with Crippen LogP contribution in [0.1, 0.15) is 38.1 Å². The van der Waals surface area contributed by atoms with Gasteiger partial charge in [0.15, 0.2) is 5.78 Å². The standard InChI is InChI=1S/C19H16F2N2O4S/c1-3-26-18(25)16-11(2)14(10-22)17(28-16)23-8-7-15(24)12-5-4-6-13(9-12)27-19(20)21/h4-9,19,23H,3H2,1-2H3/b8-7+. The number of esters is 1. The van der Waals surface area contributed by atoms with Gasteiger partial charge in [-0.3, -0.25) is 4.79 Å². The molecule has 1 aromatic heterocycles. The molecule has 1 N–H and O–H groups in total. The fourth-order valence-electron chi connectivity index (χ4n) is 2.26. The summed E-state index contributed by atoms with van der Waals surface area (Å²) in [5.74, 6) is -1.10. The van der Waals surface area contributed by atoms with Gasteiger partial charge in [-0.15, -0.1) is 11.3 Å². The van der Waals surface area contributed by atoms with Crippen LogP contribution in [-0.2, 0) is 4.74 Å². The Morgan fingerprint density at radius 1 is 1.39 bits per heavy atom. The van der Waals surface area contributed by atoms with Gasteiger partial charge in [0.05, 0.1) is 12.2 Å². The second-order valence-electron chi connectivity index (χ2n) is 5.34. The molecule has 28 heavy (non-hydrogen) atoms. The molecule has 146 valence electrons. The van der Waals surface area contributed by atoms with E-state index in [2.05, 4.69) is 10.1 Å². The number of allylic oxidation sites excluding steroid dienone is 1. The lowest BCUT2D eigenvalue weighted by Gasteiger charge is -2.05. The number of thiophene rings is 1. The Labute approximate surface area is 164 Å². The molecular weight excluding hydrogens is 390 g/mol. The maximum Gasteiger partial charge on any atom is 0.387 e. The maximum atomic E-state index is 12.3. The highest BCUT2D eigenvalue weighted by molar-refractivity contribution is 7.18. The van der Waals surface area contributed by atoms with E-state index in [1.807, 2.05) is 6.07 Å². The van der Waals surface area contributed by atoms with Gasteiger partial charge in [0.25, 0.3) is 0 Å². The zero-order valence-electron chi connectivity index (χ0n) is 15.0. The van der Waals surface area contributed by atoms with E-state index in [1.54, 1.807) is 13.8 Å². The lowest BCUT2D eigenvalue weighted by atomic mass is 10.1. The van der Waals surface area contributed by atoms with E-state index in [0.29, 0.717) is 15.4 Å². The van der Waals surface area contributed by atoms with Gasteiger partial charge >= 0.3 is 12.6 Å². The fourth-order valence-corrected chi connectivity index (χ4v) is 3.29. The van der Waals surface area contributed by atoms with Crippen LogP contribution in [0.15, 0.2) is 36.5 Å². The largest absolute Gasteiger partial charge is 0.462 e. The van der Waals surface area contributed by atoms with Gasteiger partial charge in [-0.2, -0.15) is 14.0 Å². The summed E-state index contributed by atoms with van der Waals surface area (Å²) in [6.07, 6.45) is 2.49. The second kappa shape index (κ2) is 9.62. The van der Waals surface area contributed by atoms with Crippen molar-refractivity contribution in [3.05, 3.63) is 58.1 Å². The third kappa shape index (κ3) is 5.14. The third-order valence-corrected chi connectivity index (χ3v) is 4.72. The van der Waals surface area contributed by atoms with Crippen LogP contribution < -0.4 is 10.1 Å². The van der Waals surface area contributed by atoms with Crippen molar-refractivity contribution in [3.63, 3.8) is 0 Å². The van der Waals surface area contributed by atoms with E-state index in [-0.39, 0.29) is 23.5 Å². The van der Waals surface area contributed by atoms with E-state index >= 15 is 0 Å². The van der Waals surface area contributed by atoms with Gasteiger partial charge in [-0.05, 0) is 31.5 Å². The highest BCUT2D eigenvalue weighted by Crippen LogP contribution is 2.33. The van der Waals surface area contributed by atoms with E-state index in [9.17, 15) is 23.6 Å². The fraction of sp³-hybridized carbons (Fsp3) is 0.211. The molecule has 0 amide bonds. The second-order valence-corrected chi connectivity index (χ2v) is 6.36. The number of carbonyl (C=O) groups is 2. The minimum Gasteiger partial charge on any atom is -0.462 e. The van der Waals surface area contributed by atoms with Gasteiger partial charge in [-0.25, -0.2) is 4.79 Å². The molecule has 2 rings (SSSR count). The van der Waals surface area contributed by atoms with Crippen molar-refractivity contribution in [1.29, 1.82) is 5.26 Å². The van der Waals surface area contributed by atoms with E-state index in [4.69, 9.17) is 4.74 Å². The quantitative estimate of drug-likeness (QED) is 0.394. The first kappa shape index (κ1) is 21.1. The Hall–Kier alpha value is -3.25. The summed E-state index contributed by atoms with van der Waals surface area (Å²) in [5.41, 5.74) is 0.925.